The molecule has 0 bridgehead atoms. The Hall–Kier alpha value is -1.14. The Bertz CT molecular complexity index is 533. The van der Waals surface area contributed by atoms with Gasteiger partial charge in [-0.2, -0.15) is 0 Å². The summed E-state index contributed by atoms with van der Waals surface area (Å²) >= 11 is 5.19. The quantitative estimate of drug-likeness (QED) is 0.903. The van der Waals surface area contributed by atoms with Crippen molar-refractivity contribution in [1.29, 1.82) is 0 Å². The SMILES string of the molecule is CCc1nc(NC)cc(N(C)Cc2csc(Br)c2)n1. The Morgan fingerprint density at radius 2 is 2.16 bits per heavy atom. The minimum Gasteiger partial charge on any atom is -0.373 e. The molecule has 1 N–H and O–H groups in total. The molecule has 102 valence electrons. The van der Waals surface area contributed by atoms with Crippen molar-refractivity contribution in [2.45, 2.75) is 19.9 Å². The van der Waals surface area contributed by atoms with E-state index >= 15 is 0 Å². The fourth-order valence-electron chi connectivity index (χ4n) is 1.75. The minimum atomic E-state index is 0.834. The molecular weight excluding hydrogens is 324 g/mol. The van der Waals surface area contributed by atoms with Crippen molar-refractivity contribution in [3.63, 3.8) is 0 Å². The number of nitrogens with one attached hydrogen (secondary N) is 1. The molecule has 0 radical (unpaired) electrons. The number of hydrogen-bond donors (Lipinski definition) is 1. The molecule has 0 aliphatic rings. The molecule has 4 nitrogen and oxygen atoms in total. The normalized spacial score (nSPS) is 10.5. The maximum Gasteiger partial charge on any atom is 0.134 e. The van der Waals surface area contributed by atoms with E-state index in [9.17, 15) is 0 Å². The van der Waals surface area contributed by atoms with Gasteiger partial charge in [0.2, 0.25) is 0 Å². The lowest BCUT2D eigenvalue weighted by Crippen LogP contribution is -2.18. The molecule has 0 saturated heterocycles. The van der Waals surface area contributed by atoms with Crippen LogP contribution in [0.1, 0.15) is 18.3 Å². The van der Waals surface area contributed by atoms with Crippen molar-refractivity contribution in [3.8, 4) is 0 Å². The third-order valence-corrected chi connectivity index (χ3v) is 4.32. The molecule has 0 spiro atoms. The van der Waals surface area contributed by atoms with E-state index in [1.807, 2.05) is 20.2 Å². The van der Waals surface area contributed by atoms with Gasteiger partial charge in [-0.25, -0.2) is 9.97 Å². The third-order valence-electron chi connectivity index (χ3n) is 2.76. The van der Waals surface area contributed by atoms with Gasteiger partial charge in [0.15, 0.2) is 0 Å². The molecule has 0 aromatic carbocycles. The summed E-state index contributed by atoms with van der Waals surface area (Å²) in [4.78, 5) is 11.1. The largest absolute Gasteiger partial charge is 0.373 e. The van der Waals surface area contributed by atoms with E-state index in [1.165, 1.54) is 5.56 Å². The van der Waals surface area contributed by atoms with Crippen molar-refractivity contribution in [3.05, 3.63) is 32.7 Å². The van der Waals surface area contributed by atoms with Gasteiger partial charge in [-0.3, -0.25) is 0 Å². The average molecular weight is 341 g/mol. The van der Waals surface area contributed by atoms with E-state index in [0.717, 1.165) is 34.2 Å². The Labute approximate surface area is 126 Å². The Balaban J connectivity index is 2.20. The molecule has 2 rings (SSSR count). The first-order valence-corrected chi connectivity index (χ1v) is 7.79. The van der Waals surface area contributed by atoms with Crippen molar-refractivity contribution >= 4 is 38.9 Å². The van der Waals surface area contributed by atoms with Crippen LogP contribution in [0.2, 0.25) is 0 Å². The van der Waals surface area contributed by atoms with E-state index in [-0.39, 0.29) is 0 Å². The molecule has 19 heavy (non-hydrogen) atoms. The Morgan fingerprint density at radius 3 is 2.74 bits per heavy atom. The van der Waals surface area contributed by atoms with Crippen molar-refractivity contribution in [2.24, 2.45) is 0 Å². The van der Waals surface area contributed by atoms with E-state index in [4.69, 9.17) is 0 Å². The average Bonchev–Trinajstić information content (AvgIpc) is 2.83. The van der Waals surface area contributed by atoms with Gasteiger partial charge < -0.3 is 10.2 Å². The minimum absolute atomic E-state index is 0.834. The molecule has 2 aromatic rings. The van der Waals surface area contributed by atoms with Crippen molar-refractivity contribution in [2.75, 3.05) is 24.3 Å². The van der Waals surface area contributed by atoms with Crippen LogP contribution in [0, 0.1) is 0 Å². The highest BCUT2D eigenvalue weighted by Gasteiger charge is 2.08. The van der Waals surface area contributed by atoms with Crippen LogP contribution in [0.4, 0.5) is 11.6 Å². The lowest BCUT2D eigenvalue weighted by atomic mass is 10.3. The summed E-state index contributed by atoms with van der Waals surface area (Å²) in [6, 6.07) is 4.11. The maximum absolute atomic E-state index is 4.57. The van der Waals surface area contributed by atoms with Crippen LogP contribution in [0.15, 0.2) is 21.3 Å². The van der Waals surface area contributed by atoms with Gasteiger partial charge in [-0.05, 0) is 32.9 Å². The summed E-state index contributed by atoms with van der Waals surface area (Å²) in [5.41, 5.74) is 1.28. The summed E-state index contributed by atoms with van der Waals surface area (Å²) in [6.07, 6.45) is 0.834. The summed E-state index contributed by atoms with van der Waals surface area (Å²) in [6.45, 7) is 2.90. The topological polar surface area (TPSA) is 41.1 Å². The zero-order valence-corrected chi connectivity index (χ0v) is 13.7. The maximum atomic E-state index is 4.57. The molecular formula is C13H17BrN4S. The van der Waals surface area contributed by atoms with E-state index in [0.29, 0.717) is 0 Å². The highest BCUT2D eigenvalue weighted by Crippen LogP contribution is 2.23. The van der Waals surface area contributed by atoms with E-state index < -0.39 is 0 Å². The molecule has 0 aliphatic carbocycles. The smallest absolute Gasteiger partial charge is 0.134 e. The van der Waals surface area contributed by atoms with Crippen molar-refractivity contribution < 1.29 is 0 Å². The molecule has 0 fully saturated rings. The second kappa shape index (κ2) is 6.34. The number of thiophene rings is 1. The second-order valence-electron chi connectivity index (χ2n) is 4.25. The standard InChI is InChI=1S/C13H17BrN4S/c1-4-11-16-12(15-2)6-13(17-11)18(3)7-9-5-10(14)19-8-9/h5-6,8H,4,7H2,1-3H3,(H,15,16,17). The molecule has 0 saturated carbocycles. The number of nitrogens with zero attached hydrogens (tertiary/aromatic N) is 3. The van der Waals surface area contributed by atoms with Crippen LogP contribution < -0.4 is 10.2 Å². The summed E-state index contributed by atoms with van der Waals surface area (Å²) < 4.78 is 1.16. The molecule has 2 aromatic heterocycles. The summed E-state index contributed by atoms with van der Waals surface area (Å²) in [7, 11) is 3.92. The lowest BCUT2D eigenvalue weighted by Gasteiger charge is -2.18. The van der Waals surface area contributed by atoms with Crippen LogP contribution in [0.25, 0.3) is 0 Å². The molecule has 0 aliphatic heterocycles. The molecule has 2 heterocycles. The molecule has 0 unspecified atom stereocenters. The van der Waals surface area contributed by atoms with Gasteiger partial charge in [0.25, 0.3) is 0 Å². The fraction of sp³-hybridized carbons (Fsp3) is 0.385. The van der Waals surface area contributed by atoms with E-state index in [1.54, 1.807) is 11.3 Å². The van der Waals surface area contributed by atoms with E-state index in [2.05, 4.69) is 54.5 Å². The lowest BCUT2D eigenvalue weighted by molar-refractivity contribution is 0.862. The number of rotatable bonds is 5. The van der Waals surface area contributed by atoms with Crippen LogP contribution in [-0.4, -0.2) is 24.1 Å². The third kappa shape index (κ3) is 3.67. The molecule has 0 atom stereocenters. The second-order valence-corrected chi connectivity index (χ2v) is 6.54. The fourth-order valence-corrected chi connectivity index (χ4v) is 2.95. The predicted octanol–water partition coefficient (Wildman–Crippen LogP) is 3.54. The molecule has 0 amide bonds. The van der Waals surface area contributed by atoms with Gasteiger partial charge in [-0.1, -0.05) is 6.92 Å². The highest BCUT2D eigenvalue weighted by molar-refractivity contribution is 9.11. The first-order chi connectivity index (χ1) is 9.12. The monoisotopic (exact) mass is 340 g/mol. The van der Waals surface area contributed by atoms with Gasteiger partial charge >= 0.3 is 0 Å². The summed E-state index contributed by atoms with van der Waals surface area (Å²) in [5.74, 6) is 2.67. The van der Waals surface area contributed by atoms with Crippen LogP contribution in [-0.2, 0) is 13.0 Å². The zero-order chi connectivity index (χ0) is 13.8. The Kier molecular flexibility index (Phi) is 4.76. The van der Waals surface area contributed by atoms with Gasteiger partial charge in [0.05, 0.1) is 3.79 Å². The van der Waals surface area contributed by atoms with Crippen LogP contribution in [0.5, 0.6) is 0 Å². The number of aryl methyl sites for hydroxylation is 1. The van der Waals surface area contributed by atoms with Gasteiger partial charge in [0.1, 0.15) is 17.5 Å². The number of halogens is 1. The zero-order valence-electron chi connectivity index (χ0n) is 11.3. The van der Waals surface area contributed by atoms with Gasteiger partial charge in [-0.15, -0.1) is 11.3 Å². The highest BCUT2D eigenvalue weighted by atomic mass is 79.9. The first kappa shape index (κ1) is 14.3. The number of anilines is 2. The Morgan fingerprint density at radius 1 is 1.37 bits per heavy atom. The first-order valence-electron chi connectivity index (χ1n) is 6.12. The van der Waals surface area contributed by atoms with Crippen LogP contribution in [0.3, 0.4) is 0 Å². The number of hydrogen-bond acceptors (Lipinski definition) is 5. The van der Waals surface area contributed by atoms with Crippen molar-refractivity contribution in [1.82, 2.24) is 9.97 Å². The summed E-state index contributed by atoms with van der Waals surface area (Å²) in [5, 5.41) is 5.24. The number of aromatic nitrogens is 2. The predicted molar refractivity (Wildman–Crippen MR) is 85.1 cm³/mol. The van der Waals surface area contributed by atoms with Crippen LogP contribution >= 0.6 is 27.3 Å². The molecule has 6 heteroatoms. The van der Waals surface area contributed by atoms with Gasteiger partial charge in [0, 0.05) is 33.1 Å².